The lowest BCUT2D eigenvalue weighted by atomic mass is 10.1. The van der Waals surface area contributed by atoms with Crippen molar-refractivity contribution < 1.29 is 9.15 Å². The molecule has 4 aromatic rings. The number of aromatic nitrogens is 3. The number of methoxy groups -OCH3 is 1. The first-order valence-corrected chi connectivity index (χ1v) is 9.38. The van der Waals surface area contributed by atoms with E-state index < -0.39 is 0 Å². The summed E-state index contributed by atoms with van der Waals surface area (Å²) < 4.78 is 13.4. The van der Waals surface area contributed by atoms with Crippen LogP contribution in [0.15, 0.2) is 53.3 Å². The molecule has 0 unspecified atom stereocenters. The van der Waals surface area contributed by atoms with Crippen molar-refractivity contribution in [3.63, 3.8) is 0 Å². The summed E-state index contributed by atoms with van der Waals surface area (Å²) in [7, 11) is 1.67. The highest BCUT2D eigenvalue weighted by atomic mass is 16.5. The van der Waals surface area contributed by atoms with Gasteiger partial charge in [-0.1, -0.05) is 19.9 Å². The number of para-hydroxylation sites is 1. The Hall–Kier alpha value is -3.28. The van der Waals surface area contributed by atoms with Crippen LogP contribution in [0.2, 0.25) is 0 Å². The van der Waals surface area contributed by atoms with Gasteiger partial charge in [0.1, 0.15) is 11.3 Å². The molecule has 0 spiro atoms. The number of hydrogen-bond acceptors (Lipinski definition) is 5. The number of rotatable bonds is 6. The van der Waals surface area contributed by atoms with Crippen LogP contribution in [0, 0.1) is 12.8 Å². The average molecular weight is 376 g/mol. The highest BCUT2D eigenvalue weighted by molar-refractivity contribution is 5.89. The van der Waals surface area contributed by atoms with E-state index in [4.69, 9.17) is 9.15 Å². The standard InChI is InChI=1S/C22H24N4O2/c1-14(2)10-21-25-22-17(6-5-7-19(22)28-21)24-16-8-9-18(20(11-16)27-4)26-12-15(3)23-13-26/h5-9,11-14,24H,10H2,1-4H3. The van der Waals surface area contributed by atoms with Gasteiger partial charge in [-0.15, -0.1) is 0 Å². The summed E-state index contributed by atoms with van der Waals surface area (Å²) in [5.41, 5.74) is 5.35. The molecule has 28 heavy (non-hydrogen) atoms. The van der Waals surface area contributed by atoms with Crippen molar-refractivity contribution in [2.75, 3.05) is 12.4 Å². The zero-order valence-electron chi connectivity index (χ0n) is 16.6. The molecule has 0 aliphatic carbocycles. The van der Waals surface area contributed by atoms with Crippen LogP contribution in [-0.4, -0.2) is 21.6 Å². The van der Waals surface area contributed by atoms with Gasteiger partial charge in [0.05, 0.1) is 30.5 Å². The average Bonchev–Trinajstić information content (AvgIpc) is 3.27. The second-order valence-electron chi connectivity index (χ2n) is 7.29. The zero-order valence-corrected chi connectivity index (χ0v) is 16.6. The highest BCUT2D eigenvalue weighted by Crippen LogP contribution is 2.31. The quantitative estimate of drug-likeness (QED) is 0.496. The minimum absolute atomic E-state index is 0.494. The molecule has 0 atom stereocenters. The van der Waals surface area contributed by atoms with Crippen LogP contribution in [0.25, 0.3) is 16.8 Å². The molecule has 0 aliphatic heterocycles. The smallest absolute Gasteiger partial charge is 0.195 e. The van der Waals surface area contributed by atoms with Gasteiger partial charge in [-0.2, -0.15) is 0 Å². The second-order valence-corrected chi connectivity index (χ2v) is 7.29. The van der Waals surface area contributed by atoms with E-state index in [1.165, 1.54) is 0 Å². The van der Waals surface area contributed by atoms with E-state index in [0.717, 1.165) is 51.9 Å². The summed E-state index contributed by atoms with van der Waals surface area (Å²) in [5, 5.41) is 3.44. The SMILES string of the molecule is COc1cc(Nc2cccc3oc(CC(C)C)nc23)ccc1-n1cnc(C)c1. The highest BCUT2D eigenvalue weighted by Gasteiger charge is 2.13. The van der Waals surface area contributed by atoms with Crippen molar-refractivity contribution in [3.05, 3.63) is 60.5 Å². The maximum Gasteiger partial charge on any atom is 0.195 e. The lowest BCUT2D eigenvalue weighted by Crippen LogP contribution is -1.98. The molecule has 2 aromatic heterocycles. The predicted molar refractivity (Wildman–Crippen MR) is 111 cm³/mol. The van der Waals surface area contributed by atoms with Gasteiger partial charge in [0.15, 0.2) is 11.5 Å². The van der Waals surface area contributed by atoms with Gasteiger partial charge in [-0.05, 0) is 37.1 Å². The van der Waals surface area contributed by atoms with Crippen LogP contribution in [0.4, 0.5) is 11.4 Å². The maximum absolute atomic E-state index is 5.90. The Bertz CT molecular complexity index is 1110. The number of benzene rings is 2. The molecule has 0 radical (unpaired) electrons. The minimum Gasteiger partial charge on any atom is -0.494 e. The Morgan fingerprint density at radius 3 is 2.79 bits per heavy atom. The molecule has 0 bridgehead atoms. The van der Waals surface area contributed by atoms with E-state index in [2.05, 4.69) is 29.1 Å². The molecule has 0 amide bonds. The number of hydrogen-bond donors (Lipinski definition) is 1. The van der Waals surface area contributed by atoms with E-state index in [1.807, 2.05) is 54.1 Å². The third-order valence-corrected chi connectivity index (χ3v) is 4.49. The fourth-order valence-corrected chi connectivity index (χ4v) is 3.21. The first kappa shape index (κ1) is 18.1. The fourth-order valence-electron chi connectivity index (χ4n) is 3.21. The van der Waals surface area contributed by atoms with Gasteiger partial charge in [0.2, 0.25) is 0 Å². The van der Waals surface area contributed by atoms with Crippen molar-refractivity contribution in [1.82, 2.24) is 14.5 Å². The first-order valence-electron chi connectivity index (χ1n) is 9.38. The number of imidazole rings is 1. The molecule has 0 aliphatic rings. The molecule has 0 saturated heterocycles. The van der Waals surface area contributed by atoms with Crippen molar-refractivity contribution in [2.45, 2.75) is 27.2 Å². The molecule has 2 heterocycles. The number of oxazole rings is 1. The number of anilines is 2. The summed E-state index contributed by atoms with van der Waals surface area (Å²) in [4.78, 5) is 8.98. The van der Waals surface area contributed by atoms with Crippen LogP contribution in [0.1, 0.15) is 25.4 Å². The number of aryl methyl sites for hydroxylation is 1. The van der Waals surface area contributed by atoms with Gasteiger partial charge in [0.25, 0.3) is 0 Å². The Balaban J connectivity index is 1.66. The van der Waals surface area contributed by atoms with Crippen LogP contribution < -0.4 is 10.1 Å². The van der Waals surface area contributed by atoms with Crippen molar-refractivity contribution in [1.29, 1.82) is 0 Å². The molecular formula is C22H24N4O2. The van der Waals surface area contributed by atoms with Crippen LogP contribution in [0.3, 0.4) is 0 Å². The number of nitrogens with zero attached hydrogens (tertiary/aromatic N) is 3. The van der Waals surface area contributed by atoms with E-state index in [9.17, 15) is 0 Å². The number of nitrogens with one attached hydrogen (secondary N) is 1. The molecule has 0 saturated carbocycles. The third-order valence-electron chi connectivity index (χ3n) is 4.49. The van der Waals surface area contributed by atoms with E-state index in [1.54, 1.807) is 13.4 Å². The predicted octanol–water partition coefficient (Wildman–Crippen LogP) is 5.27. The van der Waals surface area contributed by atoms with Crippen LogP contribution >= 0.6 is 0 Å². The van der Waals surface area contributed by atoms with E-state index in [-0.39, 0.29) is 0 Å². The fraction of sp³-hybridized carbons (Fsp3) is 0.273. The Kier molecular flexibility index (Phi) is 4.77. The molecule has 1 N–H and O–H groups in total. The lowest BCUT2D eigenvalue weighted by molar-refractivity contribution is 0.413. The summed E-state index contributed by atoms with van der Waals surface area (Å²) in [5.74, 6) is 2.02. The molecule has 0 fully saturated rings. The Labute approximate surface area is 164 Å². The molecule has 6 heteroatoms. The second kappa shape index (κ2) is 7.38. The normalized spacial score (nSPS) is 11.3. The first-order chi connectivity index (χ1) is 13.5. The summed E-state index contributed by atoms with van der Waals surface area (Å²) in [6.07, 6.45) is 4.57. The third kappa shape index (κ3) is 3.58. The molecule has 6 nitrogen and oxygen atoms in total. The zero-order chi connectivity index (χ0) is 19.7. The van der Waals surface area contributed by atoms with Gasteiger partial charge in [-0.3, -0.25) is 0 Å². The van der Waals surface area contributed by atoms with Crippen molar-refractivity contribution in [2.24, 2.45) is 5.92 Å². The Morgan fingerprint density at radius 2 is 2.07 bits per heavy atom. The molecule has 144 valence electrons. The molecular weight excluding hydrogens is 352 g/mol. The molecule has 4 rings (SSSR count). The lowest BCUT2D eigenvalue weighted by Gasteiger charge is -2.13. The van der Waals surface area contributed by atoms with Crippen molar-refractivity contribution in [3.8, 4) is 11.4 Å². The van der Waals surface area contributed by atoms with Crippen LogP contribution in [0.5, 0.6) is 5.75 Å². The number of fused-ring (bicyclic) bond motifs is 1. The summed E-state index contributed by atoms with van der Waals surface area (Å²) >= 11 is 0. The Morgan fingerprint density at radius 1 is 1.21 bits per heavy atom. The monoisotopic (exact) mass is 376 g/mol. The van der Waals surface area contributed by atoms with Gasteiger partial charge < -0.3 is 19.0 Å². The van der Waals surface area contributed by atoms with Gasteiger partial charge in [0, 0.05) is 24.4 Å². The summed E-state index contributed by atoms with van der Waals surface area (Å²) in [6, 6.07) is 11.9. The summed E-state index contributed by atoms with van der Waals surface area (Å²) in [6.45, 7) is 6.28. The number of ether oxygens (including phenoxy) is 1. The largest absolute Gasteiger partial charge is 0.494 e. The van der Waals surface area contributed by atoms with Gasteiger partial charge >= 0.3 is 0 Å². The minimum atomic E-state index is 0.494. The van der Waals surface area contributed by atoms with Crippen LogP contribution in [-0.2, 0) is 6.42 Å². The van der Waals surface area contributed by atoms with Gasteiger partial charge in [-0.25, -0.2) is 9.97 Å². The topological polar surface area (TPSA) is 65.1 Å². The van der Waals surface area contributed by atoms with Crippen molar-refractivity contribution >= 4 is 22.5 Å². The van der Waals surface area contributed by atoms with E-state index >= 15 is 0 Å². The van der Waals surface area contributed by atoms with E-state index in [0.29, 0.717) is 5.92 Å². The molecule has 2 aromatic carbocycles. The maximum atomic E-state index is 5.90.